The summed E-state index contributed by atoms with van der Waals surface area (Å²) in [6, 6.07) is 16.0. The van der Waals surface area contributed by atoms with Crippen molar-refractivity contribution in [3.8, 4) is 11.5 Å². The van der Waals surface area contributed by atoms with Gasteiger partial charge in [-0.05, 0) is 43.7 Å². The largest absolute Gasteiger partial charge is 0.494 e. The highest BCUT2D eigenvalue weighted by atomic mass is 16.7. The molecule has 1 aliphatic heterocycles. The number of benzene rings is 2. The lowest BCUT2D eigenvalue weighted by Crippen LogP contribution is -2.25. The molecule has 4 nitrogen and oxygen atoms in total. The molecular weight excluding hydrogens is 304 g/mol. The Hall–Kier alpha value is -2.04. The van der Waals surface area contributed by atoms with Crippen LogP contribution in [-0.4, -0.2) is 26.4 Å². The molecule has 0 spiro atoms. The number of hydrogen-bond acceptors (Lipinski definition) is 4. The average molecular weight is 328 g/mol. The summed E-state index contributed by atoms with van der Waals surface area (Å²) in [5.41, 5.74) is 2.23. The SMILES string of the molecule is CCOc1ccc(C2COC(c3ccc(OCC)cc3)OC2)cc1. The summed E-state index contributed by atoms with van der Waals surface area (Å²) < 4.78 is 22.8. The Balaban J connectivity index is 1.56. The third-order valence-electron chi connectivity index (χ3n) is 4.02. The first-order chi connectivity index (χ1) is 11.8. The first-order valence-corrected chi connectivity index (χ1v) is 8.49. The highest BCUT2D eigenvalue weighted by Gasteiger charge is 2.24. The average Bonchev–Trinajstić information content (AvgIpc) is 2.64. The van der Waals surface area contributed by atoms with Crippen molar-refractivity contribution in [2.45, 2.75) is 26.1 Å². The van der Waals surface area contributed by atoms with Gasteiger partial charge in [0.05, 0.1) is 26.4 Å². The van der Waals surface area contributed by atoms with Crippen LogP contribution in [0, 0.1) is 0 Å². The molecule has 1 heterocycles. The van der Waals surface area contributed by atoms with Crippen LogP contribution in [0.25, 0.3) is 0 Å². The highest BCUT2D eigenvalue weighted by molar-refractivity contribution is 5.30. The second-order valence-electron chi connectivity index (χ2n) is 5.70. The van der Waals surface area contributed by atoms with Gasteiger partial charge in [-0.3, -0.25) is 0 Å². The lowest BCUT2D eigenvalue weighted by atomic mass is 10.00. The van der Waals surface area contributed by atoms with Crippen molar-refractivity contribution in [3.63, 3.8) is 0 Å². The maximum absolute atomic E-state index is 5.91. The van der Waals surface area contributed by atoms with E-state index in [1.54, 1.807) is 0 Å². The fourth-order valence-corrected chi connectivity index (χ4v) is 2.78. The quantitative estimate of drug-likeness (QED) is 0.791. The Morgan fingerprint density at radius 1 is 0.750 bits per heavy atom. The van der Waals surface area contributed by atoms with Crippen molar-refractivity contribution in [2.75, 3.05) is 26.4 Å². The number of hydrogen-bond donors (Lipinski definition) is 0. The summed E-state index contributed by atoms with van der Waals surface area (Å²) in [6.45, 7) is 6.59. The summed E-state index contributed by atoms with van der Waals surface area (Å²) in [6.07, 6.45) is -0.306. The van der Waals surface area contributed by atoms with Gasteiger partial charge in [-0.2, -0.15) is 0 Å². The van der Waals surface area contributed by atoms with Crippen molar-refractivity contribution in [1.82, 2.24) is 0 Å². The van der Waals surface area contributed by atoms with Crippen molar-refractivity contribution in [3.05, 3.63) is 59.7 Å². The van der Waals surface area contributed by atoms with Crippen LogP contribution in [0.1, 0.15) is 37.2 Å². The molecular formula is C20H24O4. The van der Waals surface area contributed by atoms with Gasteiger partial charge in [-0.15, -0.1) is 0 Å². The van der Waals surface area contributed by atoms with Crippen LogP contribution in [0.3, 0.4) is 0 Å². The molecule has 0 aromatic heterocycles. The molecule has 0 unspecified atom stereocenters. The van der Waals surface area contributed by atoms with Gasteiger partial charge >= 0.3 is 0 Å². The highest BCUT2D eigenvalue weighted by Crippen LogP contribution is 2.31. The molecule has 0 radical (unpaired) electrons. The summed E-state index contributed by atoms with van der Waals surface area (Å²) in [5, 5.41) is 0. The summed E-state index contributed by atoms with van der Waals surface area (Å²) in [7, 11) is 0. The van der Waals surface area contributed by atoms with E-state index in [1.165, 1.54) is 5.56 Å². The van der Waals surface area contributed by atoms with Gasteiger partial charge in [-0.25, -0.2) is 0 Å². The predicted molar refractivity (Wildman–Crippen MR) is 92.6 cm³/mol. The predicted octanol–water partition coefficient (Wildman–Crippen LogP) is 4.31. The molecule has 0 bridgehead atoms. The van der Waals surface area contributed by atoms with Crippen molar-refractivity contribution in [2.24, 2.45) is 0 Å². The van der Waals surface area contributed by atoms with Gasteiger partial charge < -0.3 is 18.9 Å². The van der Waals surface area contributed by atoms with E-state index in [1.807, 2.05) is 50.2 Å². The van der Waals surface area contributed by atoms with Crippen molar-refractivity contribution < 1.29 is 18.9 Å². The van der Waals surface area contributed by atoms with E-state index in [9.17, 15) is 0 Å². The fourth-order valence-electron chi connectivity index (χ4n) is 2.78. The van der Waals surface area contributed by atoms with Gasteiger partial charge in [0, 0.05) is 11.5 Å². The molecule has 1 saturated heterocycles. The second-order valence-corrected chi connectivity index (χ2v) is 5.70. The normalized spacial score (nSPS) is 20.6. The lowest BCUT2D eigenvalue weighted by Gasteiger charge is -2.30. The lowest BCUT2D eigenvalue weighted by molar-refractivity contribution is -0.191. The van der Waals surface area contributed by atoms with E-state index in [-0.39, 0.29) is 12.2 Å². The van der Waals surface area contributed by atoms with E-state index < -0.39 is 0 Å². The van der Waals surface area contributed by atoms with E-state index in [0.29, 0.717) is 26.4 Å². The minimum absolute atomic E-state index is 0.250. The Morgan fingerprint density at radius 2 is 1.21 bits per heavy atom. The van der Waals surface area contributed by atoms with Crippen molar-refractivity contribution in [1.29, 1.82) is 0 Å². The van der Waals surface area contributed by atoms with E-state index in [0.717, 1.165) is 17.1 Å². The molecule has 0 amide bonds. The molecule has 0 saturated carbocycles. The molecule has 128 valence electrons. The van der Waals surface area contributed by atoms with Crippen LogP contribution in [0.15, 0.2) is 48.5 Å². The molecule has 0 atom stereocenters. The number of rotatable bonds is 6. The zero-order valence-corrected chi connectivity index (χ0v) is 14.2. The van der Waals surface area contributed by atoms with Crippen LogP contribution in [0.5, 0.6) is 11.5 Å². The molecule has 4 heteroatoms. The maximum Gasteiger partial charge on any atom is 0.183 e. The van der Waals surface area contributed by atoms with E-state index in [4.69, 9.17) is 18.9 Å². The van der Waals surface area contributed by atoms with Crippen LogP contribution in [0.4, 0.5) is 0 Å². The molecule has 2 aromatic carbocycles. The van der Waals surface area contributed by atoms with Crippen LogP contribution < -0.4 is 9.47 Å². The molecule has 2 aromatic rings. The minimum Gasteiger partial charge on any atom is -0.494 e. The minimum atomic E-state index is -0.306. The molecule has 0 aliphatic carbocycles. The zero-order chi connectivity index (χ0) is 16.8. The smallest absolute Gasteiger partial charge is 0.183 e. The Morgan fingerprint density at radius 3 is 1.67 bits per heavy atom. The summed E-state index contributed by atoms with van der Waals surface area (Å²) in [5.74, 6) is 2.01. The van der Waals surface area contributed by atoms with Gasteiger partial charge in [0.25, 0.3) is 0 Å². The van der Waals surface area contributed by atoms with Crippen LogP contribution in [0.2, 0.25) is 0 Å². The van der Waals surface area contributed by atoms with Crippen LogP contribution >= 0.6 is 0 Å². The zero-order valence-electron chi connectivity index (χ0n) is 14.2. The standard InChI is InChI=1S/C20H24O4/c1-3-21-18-9-5-15(6-10-18)17-13-23-20(24-14-17)16-7-11-19(12-8-16)22-4-2/h5-12,17,20H,3-4,13-14H2,1-2H3. The van der Waals surface area contributed by atoms with Gasteiger partial charge in [0.15, 0.2) is 6.29 Å². The number of ether oxygens (including phenoxy) is 4. The van der Waals surface area contributed by atoms with Crippen molar-refractivity contribution >= 4 is 0 Å². The molecule has 1 aliphatic rings. The molecule has 1 fully saturated rings. The summed E-state index contributed by atoms with van der Waals surface area (Å²) >= 11 is 0. The van der Waals surface area contributed by atoms with Gasteiger partial charge in [0.1, 0.15) is 11.5 Å². The molecule has 3 rings (SSSR count). The topological polar surface area (TPSA) is 36.9 Å². The molecule has 24 heavy (non-hydrogen) atoms. The second kappa shape index (κ2) is 8.18. The van der Waals surface area contributed by atoms with Crippen LogP contribution in [-0.2, 0) is 9.47 Å². The Kier molecular flexibility index (Phi) is 5.72. The summed E-state index contributed by atoms with van der Waals surface area (Å²) in [4.78, 5) is 0. The third-order valence-corrected chi connectivity index (χ3v) is 4.02. The van der Waals surface area contributed by atoms with E-state index >= 15 is 0 Å². The van der Waals surface area contributed by atoms with Gasteiger partial charge in [0.2, 0.25) is 0 Å². The third kappa shape index (κ3) is 4.08. The first-order valence-electron chi connectivity index (χ1n) is 8.49. The maximum atomic E-state index is 5.91. The Bertz CT molecular complexity index is 556. The van der Waals surface area contributed by atoms with E-state index in [2.05, 4.69) is 12.1 Å². The van der Waals surface area contributed by atoms with Gasteiger partial charge in [-0.1, -0.05) is 24.3 Å². The monoisotopic (exact) mass is 328 g/mol. The fraction of sp³-hybridized carbons (Fsp3) is 0.400. The first kappa shape index (κ1) is 16.8. The molecule has 0 N–H and O–H groups in total. The Labute approximate surface area is 143 Å².